The second-order valence-electron chi connectivity index (χ2n) is 15.7. The van der Waals surface area contributed by atoms with E-state index in [9.17, 15) is 0 Å². The van der Waals surface area contributed by atoms with Crippen LogP contribution in [0.3, 0.4) is 0 Å². The van der Waals surface area contributed by atoms with Crippen molar-refractivity contribution < 1.29 is 0 Å². The maximum absolute atomic E-state index is 5.81. The zero-order valence-corrected chi connectivity index (χ0v) is 34.5. The molecule has 12 rings (SSSR count). The van der Waals surface area contributed by atoms with E-state index >= 15 is 0 Å². The van der Waals surface area contributed by atoms with Gasteiger partial charge in [-0.05, 0) is 108 Å². The summed E-state index contributed by atoms with van der Waals surface area (Å²) in [5.74, 6) is 0. The highest BCUT2D eigenvalue weighted by Crippen LogP contribution is 2.64. The highest BCUT2D eigenvalue weighted by molar-refractivity contribution is 7.99. The fourth-order valence-corrected chi connectivity index (χ4v) is 10.8. The number of aromatic nitrogens is 1. The van der Waals surface area contributed by atoms with Crippen molar-refractivity contribution in [3.8, 4) is 5.69 Å². The van der Waals surface area contributed by atoms with Gasteiger partial charge in [-0.15, -0.1) is 0 Å². The SMILES string of the molecule is Cc1ccc(-n2c3ccccc3c3c4c(ccc32)C2(c3ccccc3S4)c3ccccc3N(c3ccccc3)c3ccccc32)cc1.Nc1ccccc1Nc1ccccc1. The molecule has 9 aromatic carbocycles. The first-order valence-electron chi connectivity index (χ1n) is 20.7. The Labute approximate surface area is 360 Å². The Morgan fingerprint density at radius 2 is 1.07 bits per heavy atom. The molecular formula is C56H42N4S. The molecular weight excluding hydrogens is 761 g/mol. The number of rotatable bonds is 4. The fraction of sp³-hybridized carbons (Fsp3) is 0.0357. The van der Waals surface area contributed by atoms with Crippen LogP contribution in [0, 0.1) is 6.92 Å². The van der Waals surface area contributed by atoms with Crippen molar-refractivity contribution in [2.75, 3.05) is 16.0 Å². The summed E-state index contributed by atoms with van der Waals surface area (Å²) in [6.45, 7) is 2.15. The monoisotopic (exact) mass is 802 g/mol. The Hall–Kier alpha value is -7.47. The lowest BCUT2D eigenvalue weighted by Crippen LogP contribution is -2.39. The van der Waals surface area contributed by atoms with Gasteiger partial charge in [-0.2, -0.15) is 0 Å². The summed E-state index contributed by atoms with van der Waals surface area (Å²) in [5, 5.41) is 5.85. The average Bonchev–Trinajstić information content (AvgIpc) is 3.66. The van der Waals surface area contributed by atoms with Crippen LogP contribution in [0.4, 0.5) is 34.1 Å². The largest absolute Gasteiger partial charge is 0.397 e. The van der Waals surface area contributed by atoms with Gasteiger partial charge in [0.25, 0.3) is 0 Å². The molecule has 2 aliphatic rings. The van der Waals surface area contributed by atoms with Gasteiger partial charge in [-0.3, -0.25) is 0 Å². The molecule has 3 N–H and O–H groups in total. The summed E-state index contributed by atoms with van der Waals surface area (Å²) in [6.07, 6.45) is 0. The molecule has 5 heteroatoms. The molecule has 0 radical (unpaired) electrons. The van der Waals surface area contributed by atoms with Crippen LogP contribution in [-0.2, 0) is 5.41 Å². The number of hydrogen-bond donors (Lipinski definition) is 2. The molecule has 0 fully saturated rings. The van der Waals surface area contributed by atoms with Crippen molar-refractivity contribution >= 4 is 67.7 Å². The van der Waals surface area contributed by atoms with Gasteiger partial charge in [0.05, 0.1) is 39.2 Å². The van der Waals surface area contributed by atoms with Gasteiger partial charge >= 0.3 is 0 Å². The van der Waals surface area contributed by atoms with E-state index in [1.807, 2.05) is 66.4 Å². The van der Waals surface area contributed by atoms with Crippen LogP contribution in [0.5, 0.6) is 0 Å². The molecule has 0 amide bonds. The minimum atomic E-state index is -0.503. The smallest absolute Gasteiger partial charge is 0.0764 e. The zero-order valence-electron chi connectivity index (χ0n) is 33.7. The second kappa shape index (κ2) is 15.0. The van der Waals surface area contributed by atoms with Crippen molar-refractivity contribution in [3.63, 3.8) is 0 Å². The van der Waals surface area contributed by atoms with E-state index in [1.54, 1.807) is 0 Å². The number of nitrogens with two attached hydrogens (primary N) is 1. The molecule has 0 atom stereocenters. The summed E-state index contributed by atoms with van der Waals surface area (Å²) in [6, 6.07) is 78.3. The fourth-order valence-electron chi connectivity index (χ4n) is 9.49. The van der Waals surface area contributed by atoms with Crippen LogP contribution >= 0.6 is 11.8 Å². The summed E-state index contributed by atoms with van der Waals surface area (Å²) >= 11 is 1.92. The first-order valence-corrected chi connectivity index (χ1v) is 21.5. The Morgan fingerprint density at radius 3 is 1.79 bits per heavy atom. The third-order valence-electron chi connectivity index (χ3n) is 12.1. The van der Waals surface area contributed by atoms with Crippen molar-refractivity contribution in [2.45, 2.75) is 22.1 Å². The quantitative estimate of drug-likeness (QED) is 0.174. The number of benzene rings is 9. The van der Waals surface area contributed by atoms with Crippen LogP contribution < -0.4 is 16.0 Å². The van der Waals surface area contributed by atoms with Gasteiger partial charge in [0.2, 0.25) is 0 Å². The lowest BCUT2D eigenvalue weighted by atomic mass is 9.62. The van der Waals surface area contributed by atoms with Gasteiger partial charge in [0.1, 0.15) is 0 Å². The number of para-hydroxylation sites is 7. The molecule has 2 aliphatic heterocycles. The Bertz CT molecular complexity index is 3180. The number of hydrogen-bond acceptors (Lipinski definition) is 4. The van der Waals surface area contributed by atoms with Crippen LogP contribution in [0.1, 0.15) is 27.8 Å². The van der Waals surface area contributed by atoms with Gasteiger partial charge in [-0.25, -0.2) is 0 Å². The van der Waals surface area contributed by atoms with E-state index in [0.29, 0.717) is 0 Å². The lowest BCUT2D eigenvalue weighted by Gasteiger charge is -2.49. The van der Waals surface area contributed by atoms with E-state index in [-0.39, 0.29) is 0 Å². The number of aryl methyl sites for hydroxylation is 1. The third-order valence-corrected chi connectivity index (χ3v) is 13.3. The molecule has 61 heavy (non-hydrogen) atoms. The number of fused-ring (bicyclic) bond motifs is 12. The summed E-state index contributed by atoms with van der Waals surface area (Å²) in [5.41, 5.74) is 21.8. The lowest BCUT2D eigenvalue weighted by molar-refractivity contribution is 0.695. The Balaban J connectivity index is 0.000000256. The predicted molar refractivity (Wildman–Crippen MR) is 257 cm³/mol. The van der Waals surface area contributed by atoms with Crippen LogP contribution in [0.15, 0.2) is 228 Å². The Kier molecular flexibility index (Phi) is 8.98. The molecule has 4 nitrogen and oxygen atoms in total. The Morgan fingerprint density at radius 1 is 0.475 bits per heavy atom. The van der Waals surface area contributed by atoms with E-state index in [1.165, 1.54) is 76.5 Å². The van der Waals surface area contributed by atoms with E-state index < -0.39 is 5.41 Å². The highest BCUT2D eigenvalue weighted by atomic mass is 32.2. The highest BCUT2D eigenvalue weighted by Gasteiger charge is 2.50. The molecule has 0 saturated heterocycles. The van der Waals surface area contributed by atoms with Gasteiger partial charge < -0.3 is 20.5 Å². The van der Waals surface area contributed by atoms with Crippen LogP contribution in [0.2, 0.25) is 0 Å². The summed E-state index contributed by atoms with van der Waals surface area (Å²) < 4.78 is 2.44. The van der Waals surface area contributed by atoms with Gasteiger partial charge in [0, 0.05) is 37.6 Å². The molecule has 1 spiro atoms. The first-order chi connectivity index (χ1) is 30.1. The van der Waals surface area contributed by atoms with Crippen LogP contribution in [0.25, 0.3) is 27.5 Å². The molecule has 0 unspecified atom stereocenters. The second-order valence-corrected chi connectivity index (χ2v) is 16.7. The first kappa shape index (κ1) is 36.6. The molecule has 10 aromatic rings. The average molecular weight is 803 g/mol. The molecule has 0 saturated carbocycles. The standard InChI is InChI=1S/C44H30N2S.C12H12N2/c1-29-23-25-31(26-24-29)45-37-19-9-5-15-32(37)42-40(45)28-27-36-43(42)47-41-22-12-8-18-35(41)44(36)33-16-6-10-20-38(33)46(30-13-3-2-4-14-30)39-21-11-7-17-34(39)44;13-11-8-4-5-9-12(11)14-10-6-2-1-3-7-10/h2-28H,1H3;1-9,14H,13H2. The van der Waals surface area contributed by atoms with Gasteiger partial charge in [-0.1, -0.05) is 157 Å². The molecule has 0 aliphatic carbocycles. The summed E-state index contributed by atoms with van der Waals surface area (Å²) in [7, 11) is 0. The number of nitrogen functional groups attached to an aromatic ring is 1. The van der Waals surface area contributed by atoms with Crippen molar-refractivity contribution in [3.05, 3.63) is 246 Å². The normalized spacial score (nSPS) is 13.1. The number of anilines is 6. The number of nitrogens with one attached hydrogen (secondary N) is 1. The van der Waals surface area contributed by atoms with Gasteiger partial charge in [0.15, 0.2) is 0 Å². The molecule has 0 bridgehead atoms. The van der Waals surface area contributed by atoms with E-state index in [0.717, 1.165) is 22.7 Å². The predicted octanol–water partition coefficient (Wildman–Crippen LogP) is 14.7. The summed E-state index contributed by atoms with van der Waals surface area (Å²) in [4.78, 5) is 5.08. The molecule has 3 heterocycles. The van der Waals surface area contributed by atoms with E-state index in [2.05, 4.69) is 185 Å². The van der Waals surface area contributed by atoms with Crippen molar-refractivity contribution in [2.24, 2.45) is 0 Å². The maximum Gasteiger partial charge on any atom is 0.0764 e. The topological polar surface area (TPSA) is 46.2 Å². The zero-order chi connectivity index (χ0) is 40.9. The van der Waals surface area contributed by atoms with Crippen LogP contribution in [-0.4, -0.2) is 4.57 Å². The molecule has 1 aromatic heterocycles. The van der Waals surface area contributed by atoms with Crippen molar-refractivity contribution in [1.29, 1.82) is 0 Å². The van der Waals surface area contributed by atoms with Crippen molar-refractivity contribution in [1.82, 2.24) is 4.57 Å². The minimum Gasteiger partial charge on any atom is -0.397 e. The maximum atomic E-state index is 5.81. The molecule has 292 valence electrons. The third kappa shape index (κ3) is 5.92. The van der Waals surface area contributed by atoms with E-state index in [4.69, 9.17) is 5.73 Å². The minimum absolute atomic E-state index is 0.503. The number of nitrogens with zero attached hydrogens (tertiary/aromatic N) is 2.